The highest BCUT2D eigenvalue weighted by Gasteiger charge is 1.76. The van der Waals surface area contributed by atoms with Crippen LogP contribution in [0.4, 0.5) is 0 Å². The Morgan fingerprint density at radius 1 is 1.00 bits per heavy atom. The smallest absolute Gasteiger partial charge is 0.170 e. The second-order valence-corrected chi connectivity index (χ2v) is 4.92. The van der Waals surface area contributed by atoms with Crippen molar-refractivity contribution < 1.29 is 4.12 Å². The van der Waals surface area contributed by atoms with Gasteiger partial charge in [-0.25, -0.2) is 0 Å². The van der Waals surface area contributed by atoms with Gasteiger partial charge in [0.15, 0.2) is 19.5 Å². The van der Waals surface area contributed by atoms with Gasteiger partial charge in [0, 0.05) is 0 Å². The van der Waals surface area contributed by atoms with Crippen molar-refractivity contribution in [3.05, 3.63) is 23.6 Å². The summed E-state index contributed by atoms with van der Waals surface area (Å²) in [5, 5.41) is 0. The van der Waals surface area contributed by atoms with Crippen LogP contribution < -0.4 is 0 Å². The van der Waals surface area contributed by atoms with Crippen molar-refractivity contribution in [1.29, 1.82) is 0 Å². The fourth-order valence-corrected chi connectivity index (χ4v) is 2.41. The van der Waals surface area contributed by atoms with E-state index < -0.39 is 0 Å². The molecule has 9 heavy (non-hydrogen) atoms. The summed E-state index contributed by atoms with van der Waals surface area (Å²) < 4.78 is 5.42. The van der Waals surface area contributed by atoms with Gasteiger partial charge >= 0.3 is 0 Å². The SMILES string of the molecule is C/C=C\[SiH2]O[SiH2]/C=C\C. The van der Waals surface area contributed by atoms with E-state index in [2.05, 4.69) is 23.6 Å². The van der Waals surface area contributed by atoms with Crippen molar-refractivity contribution >= 4 is 19.5 Å². The molecular weight excluding hydrogens is 144 g/mol. The van der Waals surface area contributed by atoms with Crippen LogP contribution in [0.5, 0.6) is 0 Å². The van der Waals surface area contributed by atoms with Crippen molar-refractivity contribution in [2.24, 2.45) is 0 Å². The summed E-state index contributed by atoms with van der Waals surface area (Å²) in [4.78, 5) is 0. The summed E-state index contributed by atoms with van der Waals surface area (Å²) in [6, 6.07) is 0. The highest BCUT2D eigenvalue weighted by Crippen LogP contribution is 1.72. The van der Waals surface area contributed by atoms with Gasteiger partial charge in [0.05, 0.1) is 0 Å². The number of hydrogen-bond donors (Lipinski definition) is 0. The molecule has 0 atom stereocenters. The van der Waals surface area contributed by atoms with E-state index in [0.717, 1.165) is 0 Å². The van der Waals surface area contributed by atoms with Crippen LogP contribution in [-0.2, 0) is 4.12 Å². The molecule has 0 aliphatic heterocycles. The zero-order valence-corrected chi connectivity index (χ0v) is 8.96. The van der Waals surface area contributed by atoms with E-state index in [1.807, 2.05) is 13.8 Å². The predicted molar refractivity (Wildman–Crippen MR) is 47.8 cm³/mol. The minimum atomic E-state index is -0.279. The summed E-state index contributed by atoms with van der Waals surface area (Å²) in [6.45, 7) is 4.07. The first-order valence-electron chi connectivity index (χ1n) is 3.22. The van der Waals surface area contributed by atoms with Crippen molar-refractivity contribution in [1.82, 2.24) is 0 Å². The summed E-state index contributed by atoms with van der Waals surface area (Å²) in [6.07, 6.45) is 4.13. The summed E-state index contributed by atoms with van der Waals surface area (Å²) >= 11 is 0. The number of allylic oxidation sites excluding steroid dienone is 2. The Balaban J connectivity index is 2.91. The van der Waals surface area contributed by atoms with Crippen LogP contribution in [0, 0.1) is 0 Å². The van der Waals surface area contributed by atoms with E-state index in [9.17, 15) is 0 Å². The van der Waals surface area contributed by atoms with Crippen LogP contribution in [0.15, 0.2) is 23.6 Å². The minimum absolute atomic E-state index is 0.279. The first-order chi connectivity index (χ1) is 4.41. The predicted octanol–water partition coefficient (Wildman–Crippen LogP) is 0.238. The van der Waals surface area contributed by atoms with Crippen LogP contribution in [0.2, 0.25) is 0 Å². The second-order valence-electron chi connectivity index (χ2n) is 1.68. The standard InChI is InChI=1S/C6H14OSi2/c1-3-5-8-7-9-6-4-2/h3-6H,8-9H2,1-2H3/b5-3-,6-4-. The molecule has 3 heteroatoms. The molecule has 0 aliphatic rings. The van der Waals surface area contributed by atoms with Crippen LogP contribution in [0.1, 0.15) is 13.8 Å². The van der Waals surface area contributed by atoms with Crippen LogP contribution in [0.25, 0.3) is 0 Å². The van der Waals surface area contributed by atoms with Crippen LogP contribution >= 0.6 is 0 Å². The monoisotopic (exact) mass is 158 g/mol. The number of rotatable bonds is 4. The Morgan fingerprint density at radius 3 is 1.78 bits per heavy atom. The van der Waals surface area contributed by atoms with Gasteiger partial charge in [0.2, 0.25) is 0 Å². The topological polar surface area (TPSA) is 9.23 Å². The average Bonchev–Trinajstić information content (AvgIpc) is 1.89. The Hall–Kier alpha value is -0.126. The molecule has 0 rings (SSSR count). The lowest BCUT2D eigenvalue weighted by atomic mass is 10.8. The molecule has 52 valence electrons. The van der Waals surface area contributed by atoms with E-state index in [0.29, 0.717) is 0 Å². The molecule has 0 fully saturated rings. The molecule has 0 aromatic heterocycles. The van der Waals surface area contributed by atoms with Crippen LogP contribution in [-0.4, -0.2) is 19.5 Å². The molecule has 0 saturated heterocycles. The van der Waals surface area contributed by atoms with Gasteiger partial charge in [-0.1, -0.05) is 23.6 Å². The lowest BCUT2D eigenvalue weighted by Crippen LogP contribution is -1.98. The normalized spacial score (nSPS) is 14.4. The second kappa shape index (κ2) is 7.87. The molecule has 0 unspecified atom stereocenters. The maximum absolute atomic E-state index is 5.42. The maximum Gasteiger partial charge on any atom is 0.170 e. The molecule has 0 bridgehead atoms. The Morgan fingerprint density at radius 2 is 1.44 bits per heavy atom. The van der Waals surface area contributed by atoms with Gasteiger partial charge in [-0.2, -0.15) is 0 Å². The molecular formula is C6H14OSi2. The van der Waals surface area contributed by atoms with Gasteiger partial charge in [-0.15, -0.1) is 0 Å². The Labute approximate surface area is 61.7 Å². The van der Waals surface area contributed by atoms with Crippen molar-refractivity contribution in [2.75, 3.05) is 0 Å². The minimum Gasteiger partial charge on any atom is -0.459 e. The fourth-order valence-electron chi connectivity index (χ4n) is 0.397. The first-order valence-corrected chi connectivity index (χ1v) is 6.00. The third-order valence-corrected chi connectivity index (χ3v) is 4.11. The van der Waals surface area contributed by atoms with E-state index in [4.69, 9.17) is 4.12 Å². The van der Waals surface area contributed by atoms with E-state index in [1.54, 1.807) is 0 Å². The average molecular weight is 158 g/mol. The maximum atomic E-state index is 5.42. The highest BCUT2D eigenvalue weighted by molar-refractivity contribution is 6.49. The van der Waals surface area contributed by atoms with Gasteiger partial charge in [-0.05, 0) is 13.8 Å². The lowest BCUT2D eigenvalue weighted by molar-refractivity contribution is 0.661. The Kier molecular flexibility index (Phi) is 7.76. The van der Waals surface area contributed by atoms with Crippen molar-refractivity contribution in [3.63, 3.8) is 0 Å². The number of hydrogen-bond acceptors (Lipinski definition) is 1. The Bertz CT molecular complexity index is 87.2. The van der Waals surface area contributed by atoms with E-state index in [1.165, 1.54) is 0 Å². The van der Waals surface area contributed by atoms with Gasteiger partial charge in [0.25, 0.3) is 0 Å². The molecule has 0 radical (unpaired) electrons. The largest absolute Gasteiger partial charge is 0.459 e. The lowest BCUT2D eigenvalue weighted by Gasteiger charge is -1.91. The zero-order chi connectivity index (χ0) is 6.95. The quantitative estimate of drug-likeness (QED) is 0.421. The molecule has 0 N–H and O–H groups in total. The molecule has 0 amide bonds. The summed E-state index contributed by atoms with van der Waals surface area (Å²) in [7, 11) is -0.558. The summed E-state index contributed by atoms with van der Waals surface area (Å²) in [5.41, 5.74) is 4.33. The van der Waals surface area contributed by atoms with E-state index in [-0.39, 0.29) is 19.5 Å². The molecule has 0 aromatic carbocycles. The van der Waals surface area contributed by atoms with Crippen molar-refractivity contribution in [3.8, 4) is 0 Å². The third kappa shape index (κ3) is 7.87. The molecule has 0 aromatic rings. The molecule has 0 aliphatic carbocycles. The third-order valence-electron chi connectivity index (χ3n) is 0.900. The first kappa shape index (κ1) is 8.87. The van der Waals surface area contributed by atoms with Gasteiger partial charge < -0.3 is 4.12 Å². The van der Waals surface area contributed by atoms with Crippen LogP contribution in [0.3, 0.4) is 0 Å². The zero-order valence-electron chi connectivity index (χ0n) is 6.13. The van der Waals surface area contributed by atoms with E-state index >= 15 is 0 Å². The molecule has 0 heterocycles. The summed E-state index contributed by atoms with van der Waals surface area (Å²) in [5.74, 6) is 0. The molecule has 0 saturated carbocycles. The molecule has 0 spiro atoms. The van der Waals surface area contributed by atoms with Gasteiger partial charge in [0.1, 0.15) is 0 Å². The van der Waals surface area contributed by atoms with Crippen molar-refractivity contribution in [2.45, 2.75) is 13.8 Å². The fraction of sp³-hybridized carbons (Fsp3) is 0.333. The van der Waals surface area contributed by atoms with Gasteiger partial charge in [-0.3, -0.25) is 0 Å². The highest BCUT2D eigenvalue weighted by atomic mass is 28.3. The molecule has 1 nitrogen and oxygen atoms in total.